The molecule has 0 unspecified atom stereocenters. The number of nitrogens with two attached hydrogens (primary N) is 1. The first-order valence-corrected chi connectivity index (χ1v) is 7.39. The molecule has 15 heavy (non-hydrogen) atoms. The molecule has 0 aliphatic heterocycles. The number of nitrogen functional groups attached to an aromatic ring is 1. The number of ether oxygens (including phenoxy) is 1. The zero-order valence-corrected chi connectivity index (χ0v) is 11.2. The second-order valence-corrected chi connectivity index (χ2v) is 4.47. The SMILES string of the molecule is COc1cc(N)c(C#CSI)c(F)c1C. The Balaban J connectivity index is 3.36. The number of rotatable bonds is 1. The van der Waals surface area contributed by atoms with Crippen LogP contribution in [-0.4, -0.2) is 7.11 Å². The first kappa shape index (κ1) is 12.5. The van der Waals surface area contributed by atoms with Crippen LogP contribution in [0.3, 0.4) is 0 Å². The van der Waals surface area contributed by atoms with Gasteiger partial charge in [0.25, 0.3) is 0 Å². The fourth-order valence-corrected chi connectivity index (χ4v) is 1.62. The molecule has 0 aliphatic rings. The largest absolute Gasteiger partial charge is 0.496 e. The Hall–Kier alpha value is -0.610. The van der Waals surface area contributed by atoms with Crippen LogP contribution in [0.1, 0.15) is 11.1 Å². The molecule has 2 N–H and O–H groups in total. The smallest absolute Gasteiger partial charge is 0.147 e. The molecule has 0 fully saturated rings. The van der Waals surface area contributed by atoms with Gasteiger partial charge in [-0.05, 0) is 27.0 Å². The highest BCUT2D eigenvalue weighted by atomic mass is 127. The Morgan fingerprint density at radius 2 is 2.27 bits per heavy atom. The fourth-order valence-electron chi connectivity index (χ4n) is 1.15. The maximum absolute atomic E-state index is 13.8. The van der Waals surface area contributed by atoms with Gasteiger partial charge in [-0.1, -0.05) is 0 Å². The van der Waals surface area contributed by atoms with Crippen LogP contribution in [0.15, 0.2) is 6.07 Å². The fraction of sp³-hybridized carbons (Fsp3) is 0.200. The lowest BCUT2D eigenvalue weighted by atomic mass is 10.1. The Labute approximate surface area is 104 Å². The van der Waals surface area contributed by atoms with Crippen LogP contribution in [0, 0.1) is 23.9 Å². The Bertz CT molecular complexity index is 439. The highest BCUT2D eigenvalue weighted by Crippen LogP contribution is 2.28. The van der Waals surface area contributed by atoms with Gasteiger partial charge in [0, 0.05) is 32.8 Å². The predicted molar refractivity (Wildman–Crippen MR) is 70.6 cm³/mol. The van der Waals surface area contributed by atoms with E-state index >= 15 is 0 Å². The molecule has 0 saturated heterocycles. The summed E-state index contributed by atoms with van der Waals surface area (Å²) in [6.45, 7) is 1.63. The van der Waals surface area contributed by atoms with Crippen LogP contribution in [0.2, 0.25) is 0 Å². The maximum Gasteiger partial charge on any atom is 0.147 e. The number of hydrogen-bond acceptors (Lipinski definition) is 3. The van der Waals surface area contributed by atoms with E-state index in [2.05, 4.69) is 11.2 Å². The third-order valence-corrected chi connectivity index (χ3v) is 2.77. The van der Waals surface area contributed by atoms with Crippen molar-refractivity contribution in [2.45, 2.75) is 6.92 Å². The van der Waals surface area contributed by atoms with Crippen molar-refractivity contribution < 1.29 is 9.13 Å². The van der Waals surface area contributed by atoms with Gasteiger partial charge in [0.15, 0.2) is 0 Å². The minimum absolute atomic E-state index is 0.234. The molecule has 0 bridgehead atoms. The molecule has 2 nitrogen and oxygen atoms in total. The van der Waals surface area contributed by atoms with Crippen molar-refractivity contribution in [3.63, 3.8) is 0 Å². The lowest BCUT2D eigenvalue weighted by Gasteiger charge is -2.09. The third kappa shape index (κ3) is 2.69. The van der Waals surface area contributed by atoms with E-state index in [0.717, 1.165) is 0 Å². The van der Waals surface area contributed by atoms with Gasteiger partial charge < -0.3 is 10.5 Å². The lowest BCUT2D eigenvalue weighted by Crippen LogP contribution is -2.00. The minimum atomic E-state index is -0.412. The van der Waals surface area contributed by atoms with Crippen molar-refractivity contribution in [3.8, 4) is 16.9 Å². The number of methoxy groups -OCH3 is 1. The molecule has 80 valence electrons. The van der Waals surface area contributed by atoms with Crippen molar-refractivity contribution in [2.24, 2.45) is 0 Å². The molecule has 0 aromatic heterocycles. The zero-order chi connectivity index (χ0) is 11.4. The molecular formula is C10H9FINOS. The first-order valence-electron chi connectivity index (χ1n) is 4.03. The van der Waals surface area contributed by atoms with Gasteiger partial charge in [-0.15, -0.1) is 0 Å². The number of benzene rings is 1. The van der Waals surface area contributed by atoms with Crippen molar-refractivity contribution in [2.75, 3.05) is 12.8 Å². The highest BCUT2D eigenvalue weighted by molar-refractivity contribution is 14.2. The lowest BCUT2D eigenvalue weighted by molar-refractivity contribution is 0.407. The standard InChI is InChI=1S/C10H9FINOS/c1-6-9(14-2)5-8(13)7(10(6)11)3-4-15-12/h5H,13H2,1-2H3. The van der Waals surface area contributed by atoms with E-state index in [-0.39, 0.29) is 5.56 Å². The van der Waals surface area contributed by atoms with Crippen molar-refractivity contribution >= 4 is 35.8 Å². The summed E-state index contributed by atoms with van der Waals surface area (Å²) in [5, 5.41) is 2.70. The molecule has 0 heterocycles. The van der Waals surface area contributed by atoms with Crippen molar-refractivity contribution in [1.82, 2.24) is 0 Å². The molecule has 0 radical (unpaired) electrons. The Kier molecular flexibility index (Phi) is 4.54. The summed E-state index contributed by atoms with van der Waals surface area (Å²) < 4.78 is 18.8. The van der Waals surface area contributed by atoms with Gasteiger partial charge in [0.1, 0.15) is 11.6 Å². The summed E-state index contributed by atoms with van der Waals surface area (Å²) in [6, 6.07) is 1.58. The van der Waals surface area contributed by atoms with Gasteiger partial charge in [0.2, 0.25) is 0 Å². The van der Waals surface area contributed by atoms with E-state index in [1.54, 1.807) is 13.0 Å². The van der Waals surface area contributed by atoms with E-state index in [1.807, 2.05) is 21.2 Å². The van der Waals surface area contributed by atoms with E-state index in [9.17, 15) is 4.39 Å². The number of halogens is 2. The predicted octanol–water partition coefficient (Wildman–Crippen LogP) is 3.12. The second-order valence-electron chi connectivity index (χ2n) is 2.79. The summed E-state index contributed by atoms with van der Waals surface area (Å²) in [4.78, 5) is 0. The Morgan fingerprint density at radius 1 is 1.60 bits per heavy atom. The summed E-state index contributed by atoms with van der Waals surface area (Å²) >= 11 is 2.02. The van der Waals surface area contributed by atoms with Gasteiger partial charge in [-0.25, -0.2) is 4.39 Å². The van der Waals surface area contributed by atoms with E-state index in [0.29, 0.717) is 17.0 Å². The molecule has 1 aromatic rings. The van der Waals surface area contributed by atoms with Crippen LogP contribution < -0.4 is 10.5 Å². The quantitative estimate of drug-likeness (QED) is 0.486. The summed E-state index contributed by atoms with van der Waals surface area (Å²) in [7, 11) is 2.76. The normalized spacial score (nSPS) is 9.33. The average molecular weight is 337 g/mol. The molecule has 1 aromatic carbocycles. The Morgan fingerprint density at radius 3 is 2.80 bits per heavy atom. The van der Waals surface area contributed by atoms with Gasteiger partial charge in [-0.3, -0.25) is 0 Å². The number of hydrogen-bond donors (Lipinski definition) is 1. The van der Waals surface area contributed by atoms with Crippen LogP contribution in [-0.2, 0) is 0 Å². The third-order valence-electron chi connectivity index (χ3n) is 1.93. The van der Waals surface area contributed by atoms with Gasteiger partial charge >= 0.3 is 0 Å². The summed E-state index contributed by atoms with van der Waals surface area (Å²) in [5.74, 6) is 2.70. The minimum Gasteiger partial charge on any atom is -0.496 e. The molecule has 0 amide bonds. The van der Waals surface area contributed by atoms with E-state index < -0.39 is 5.82 Å². The molecule has 0 atom stereocenters. The van der Waals surface area contributed by atoms with Crippen molar-refractivity contribution in [3.05, 3.63) is 23.0 Å². The molecule has 0 saturated carbocycles. The average Bonchev–Trinajstić information content (AvgIpc) is 2.23. The van der Waals surface area contributed by atoms with Gasteiger partial charge in [0.05, 0.1) is 18.4 Å². The summed E-state index contributed by atoms with van der Waals surface area (Å²) in [5.41, 5.74) is 6.63. The van der Waals surface area contributed by atoms with Crippen molar-refractivity contribution in [1.29, 1.82) is 0 Å². The monoisotopic (exact) mass is 337 g/mol. The molecule has 1 rings (SSSR count). The van der Waals surface area contributed by atoms with Crippen LogP contribution in [0.25, 0.3) is 0 Å². The first-order chi connectivity index (χ1) is 7.11. The zero-order valence-electron chi connectivity index (χ0n) is 8.23. The highest BCUT2D eigenvalue weighted by Gasteiger charge is 2.12. The van der Waals surface area contributed by atoms with Gasteiger partial charge in [-0.2, -0.15) is 0 Å². The van der Waals surface area contributed by atoms with Crippen LogP contribution in [0.5, 0.6) is 5.75 Å². The maximum atomic E-state index is 13.8. The molecule has 0 spiro atoms. The van der Waals surface area contributed by atoms with Crippen LogP contribution >= 0.6 is 30.1 Å². The molecule has 5 heteroatoms. The topological polar surface area (TPSA) is 35.2 Å². The van der Waals surface area contributed by atoms with E-state index in [4.69, 9.17) is 10.5 Å². The van der Waals surface area contributed by atoms with E-state index in [1.165, 1.54) is 16.0 Å². The summed E-state index contributed by atoms with van der Waals surface area (Å²) in [6.07, 6.45) is 0. The van der Waals surface area contributed by atoms with Crippen LogP contribution in [0.4, 0.5) is 10.1 Å². The molecule has 0 aliphatic carbocycles. The number of anilines is 1. The molecular weight excluding hydrogens is 328 g/mol. The second kappa shape index (κ2) is 5.47.